The first-order valence-corrected chi connectivity index (χ1v) is 6.48. The van der Waals surface area contributed by atoms with Crippen molar-refractivity contribution >= 4 is 5.65 Å². The van der Waals surface area contributed by atoms with Gasteiger partial charge in [0, 0.05) is 30.9 Å². The van der Waals surface area contributed by atoms with Crippen molar-refractivity contribution in [1.29, 1.82) is 0 Å². The van der Waals surface area contributed by atoms with Gasteiger partial charge in [-0.1, -0.05) is 0 Å². The van der Waals surface area contributed by atoms with Crippen LogP contribution >= 0.6 is 0 Å². The molecule has 1 atom stereocenters. The quantitative estimate of drug-likeness (QED) is 0.828. The lowest BCUT2D eigenvalue weighted by Gasteiger charge is -2.17. The minimum atomic E-state index is 0.650. The maximum Gasteiger partial charge on any atom is 0.140 e. The van der Waals surface area contributed by atoms with Crippen molar-refractivity contribution in [3.05, 3.63) is 30.2 Å². The predicted octanol–water partition coefficient (Wildman–Crippen LogP) is 1.98. The molecule has 3 rings (SSSR count). The van der Waals surface area contributed by atoms with E-state index in [1.165, 1.54) is 25.1 Å². The van der Waals surface area contributed by atoms with Gasteiger partial charge in [0.05, 0.1) is 12.8 Å². The molecular formula is C14H19N3O. The highest BCUT2D eigenvalue weighted by Crippen LogP contribution is 2.20. The molecular weight excluding hydrogens is 226 g/mol. The van der Waals surface area contributed by atoms with Crippen LogP contribution in [-0.4, -0.2) is 41.0 Å². The van der Waals surface area contributed by atoms with E-state index in [0.717, 1.165) is 17.8 Å². The number of imidazole rings is 1. The minimum Gasteiger partial charge on any atom is -0.497 e. The molecule has 1 aliphatic heterocycles. The van der Waals surface area contributed by atoms with E-state index in [0.29, 0.717) is 6.04 Å². The van der Waals surface area contributed by atoms with E-state index in [-0.39, 0.29) is 0 Å². The Kier molecular flexibility index (Phi) is 2.96. The zero-order valence-corrected chi connectivity index (χ0v) is 11.0. The van der Waals surface area contributed by atoms with Gasteiger partial charge in [-0.25, -0.2) is 4.98 Å². The average Bonchev–Trinajstić information content (AvgIpc) is 2.95. The highest BCUT2D eigenvalue weighted by molar-refractivity contribution is 5.45. The molecule has 1 unspecified atom stereocenters. The second-order valence-corrected chi connectivity index (χ2v) is 5.05. The number of aromatic nitrogens is 2. The lowest BCUT2D eigenvalue weighted by Crippen LogP contribution is -2.26. The molecule has 0 amide bonds. The second-order valence-electron chi connectivity index (χ2n) is 5.05. The molecule has 0 spiro atoms. The number of methoxy groups -OCH3 is 1. The van der Waals surface area contributed by atoms with Gasteiger partial charge >= 0.3 is 0 Å². The second kappa shape index (κ2) is 4.61. The third kappa shape index (κ3) is 2.08. The zero-order chi connectivity index (χ0) is 12.5. The van der Waals surface area contributed by atoms with Gasteiger partial charge in [0.1, 0.15) is 11.4 Å². The van der Waals surface area contributed by atoms with E-state index in [1.54, 1.807) is 7.11 Å². The Morgan fingerprint density at radius 3 is 3.11 bits per heavy atom. The molecule has 4 nitrogen and oxygen atoms in total. The van der Waals surface area contributed by atoms with E-state index < -0.39 is 0 Å². The fourth-order valence-electron chi connectivity index (χ4n) is 2.72. The molecule has 0 radical (unpaired) electrons. The number of hydrogen-bond donors (Lipinski definition) is 0. The van der Waals surface area contributed by atoms with E-state index in [1.807, 2.05) is 18.3 Å². The first-order chi connectivity index (χ1) is 8.76. The Hall–Kier alpha value is -1.55. The Morgan fingerprint density at radius 2 is 2.39 bits per heavy atom. The predicted molar refractivity (Wildman–Crippen MR) is 71.1 cm³/mol. The Bertz CT molecular complexity index is 549. The third-order valence-electron chi connectivity index (χ3n) is 3.83. The minimum absolute atomic E-state index is 0.650. The first kappa shape index (κ1) is 11.5. The smallest absolute Gasteiger partial charge is 0.140 e. The number of nitrogens with zero attached hydrogens (tertiary/aromatic N) is 3. The van der Waals surface area contributed by atoms with Crippen molar-refractivity contribution in [2.75, 3.05) is 20.7 Å². The van der Waals surface area contributed by atoms with Gasteiger partial charge in [-0.15, -0.1) is 0 Å². The lowest BCUT2D eigenvalue weighted by molar-refractivity contribution is 0.308. The summed E-state index contributed by atoms with van der Waals surface area (Å²) in [5.74, 6) is 0.859. The summed E-state index contributed by atoms with van der Waals surface area (Å²) in [7, 11) is 3.89. The van der Waals surface area contributed by atoms with E-state index in [9.17, 15) is 0 Å². The number of likely N-dealkylation sites (N-methyl/N-ethyl adjacent to an activating group) is 1. The first-order valence-electron chi connectivity index (χ1n) is 6.48. The van der Waals surface area contributed by atoms with E-state index >= 15 is 0 Å². The number of likely N-dealkylation sites (tertiary alicyclic amines) is 1. The molecule has 0 aromatic carbocycles. The van der Waals surface area contributed by atoms with Gasteiger partial charge in [-0.05, 0) is 32.5 Å². The molecule has 1 aliphatic rings. The SMILES string of the molecule is COc1ccn2cc(CC3CCCN3C)nc2c1. The molecule has 0 N–H and O–H groups in total. The maximum absolute atomic E-state index is 5.22. The van der Waals surface area contributed by atoms with Crippen LogP contribution in [0.2, 0.25) is 0 Å². The fraction of sp³-hybridized carbons (Fsp3) is 0.500. The van der Waals surface area contributed by atoms with Crippen molar-refractivity contribution < 1.29 is 4.74 Å². The van der Waals surface area contributed by atoms with Crippen LogP contribution in [0.5, 0.6) is 5.75 Å². The molecule has 3 heterocycles. The van der Waals surface area contributed by atoms with Gasteiger partial charge in [0.2, 0.25) is 0 Å². The Morgan fingerprint density at radius 1 is 1.50 bits per heavy atom. The van der Waals surface area contributed by atoms with Crippen molar-refractivity contribution in [3.8, 4) is 5.75 Å². The van der Waals surface area contributed by atoms with Crippen molar-refractivity contribution in [2.45, 2.75) is 25.3 Å². The molecule has 1 saturated heterocycles. The van der Waals surface area contributed by atoms with Crippen molar-refractivity contribution in [2.24, 2.45) is 0 Å². The van der Waals surface area contributed by atoms with Gasteiger partial charge < -0.3 is 14.0 Å². The summed E-state index contributed by atoms with van der Waals surface area (Å²) in [5, 5.41) is 0. The molecule has 1 fully saturated rings. The number of fused-ring (bicyclic) bond motifs is 1. The third-order valence-corrected chi connectivity index (χ3v) is 3.83. The molecule has 96 valence electrons. The molecule has 0 bridgehead atoms. The number of pyridine rings is 1. The molecule has 2 aromatic heterocycles. The molecule has 2 aromatic rings. The summed E-state index contributed by atoms with van der Waals surface area (Å²) < 4.78 is 7.28. The maximum atomic E-state index is 5.22. The molecule has 0 aliphatic carbocycles. The molecule has 0 saturated carbocycles. The van der Waals surface area contributed by atoms with Crippen LogP contribution in [0.25, 0.3) is 5.65 Å². The average molecular weight is 245 g/mol. The monoisotopic (exact) mass is 245 g/mol. The van der Waals surface area contributed by atoms with Crippen LogP contribution in [0.3, 0.4) is 0 Å². The van der Waals surface area contributed by atoms with Crippen LogP contribution < -0.4 is 4.74 Å². The summed E-state index contributed by atoms with van der Waals surface area (Å²) in [6.45, 7) is 1.21. The van der Waals surface area contributed by atoms with Crippen LogP contribution in [-0.2, 0) is 6.42 Å². The van der Waals surface area contributed by atoms with Gasteiger partial charge in [-0.3, -0.25) is 0 Å². The lowest BCUT2D eigenvalue weighted by atomic mass is 10.1. The fourth-order valence-corrected chi connectivity index (χ4v) is 2.72. The molecule has 4 heteroatoms. The topological polar surface area (TPSA) is 29.8 Å². The van der Waals surface area contributed by atoms with Crippen LogP contribution in [0.15, 0.2) is 24.5 Å². The Balaban J connectivity index is 1.84. The summed E-state index contributed by atoms with van der Waals surface area (Å²) in [4.78, 5) is 7.11. The van der Waals surface area contributed by atoms with Gasteiger partial charge in [-0.2, -0.15) is 0 Å². The molecule has 18 heavy (non-hydrogen) atoms. The number of hydrogen-bond acceptors (Lipinski definition) is 3. The van der Waals surface area contributed by atoms with Crippen molar-refractivity contribution in [3.63, 3.8) is 0 Å². The summed E-state index contributed by atoms with van der Waals surface area (Å²) in [5.41, 5.74) is 2.13. The van der Waals surface area contributed by atoms with E-state index in [4.69, 9.17) is 4.74 Å². The summed E-state index contributed by atoms with van der Waals surface area (Å²) in [6, 6.07) is 4.58. The summed E-state index contributed by atoms with van der Waals surface area (Å²) >= 11 is 0. The van der Waals surface area contributed by atoms with Crippen LogP contribution in [0.1, 0.15) is 18.5 Å². The Labute approximate surface area is 107 Å². The highest BCUT2D eigenvalue weighted by atomic mass is 16.5. The van der Waals surface area contributed by atoms with E-state index in [2.05, 4.69) is 27.5 Å². The van der Waals surface area contributed by atoms with Crippen LogP contribution in [0, 0.1) is 0 Å². The standard InChI is InChI=1S/C14H19N3O/c1-16-6-3-4-12(16)8-11-10-17-7-5-13(18-2)9-14(17)15-11/h5,7,9-10,12H,3-4,6,8H2,1-2H3. The van der Waals surface area contributed by atoms with Crippen molar-refractivity contribution in [1.82, 2.24) is 14.3 Å². The number of ether oxygens (including phenoxy) is 1. The largest absolute Gasteiger partial charge is 0.497 e. The normalized spacial score (nSPS) is 20.7. The summed E-state index contributed by atoms with van der Waals surface area (Å²) in [6.07, 6.45) is 7.76. The van der Waals surface area contributed by atoms with Gasteiger partial charge in [0.15, 0.2) is 0 Å². The van der Waals surface area contributed by atoms with Crippen LogP contribution in [0.4, 0.5) is 0 Å². The number of rotatable bonds is 3. The zero-order valence-electron chi connectivity index (χ0n) is 11.0. The highest BCUT2D eigenvalue weighted by Gasteiger charge is 2.21. The van der Waals surface area contributed by atoms with Gasteiger partial charge in [0.25, 0.3) is 0 Å².